The van der Waals surface area contributed by atoms with Crippen LogP contribution >= 0.6 is 11.6 Å². The second-order valence-corrected chi connectivity index (χ2v) is 2.67. The van der Waals surface area contributed by atoms with E-state index in [9.17, 15) is 0 Å². The fraction of sp³-hybridized carbons (Fsp3) is 0.375. The zero-order valence-corrected chi connectivity index (χ0v) is 7.09. The van der Waals surface area contributed by atoms with Crippen molar-refractivity contribution >= 4 is 11.6 Å². The van der Waals surface area contributed by atoms with Crippen LogP contribution in [-0.4, -0.2) is 15.7 Å². The third-order valence-electron chi connectivity index (χ3n) is 1.44. The Morgan fingerprint density at radius 3 is 3.00 bits per heavy atom. The maximum atomic E-state index is 5.56. The fourth-order valence-electron chi connectivity index (χ4n) is 0.772. The molecule has 1 rings (SSSR count). The van der Waals surface area contributed by atoms with Gasteiger partial charge in [-0.2, -0.15) is 5.10 Å². The van der Waals surface area contributed by atoms with Gasteiger partial charge < -0.3 is 0 Å². The van der Waals surface area contributed by atoms with Gasteiger partial charge in [0, 0.05) is 24.8 Å². The predicted molar refractivity (Wildman–Crippen MR) is 46.7 cm³/mol. The van der Waals surface area contributed by atoms with E-state index in [4.69, 9.17) is 11.6 Å². The van der Waals surface area contributed by atoms with Crippen LogP contribution in [0.15, 0.2) is 30.6 Å². The Bertz CT molecular complexity index is 216. The zero-order chi connectivity index (χ0) is 8.10. The van der Waals surface area contributed by atoms with Gasteiger partial charge in [-0.05, 0) is 12.5 Å². The summed E-state index contributed by atoms with van der Waals surface area (Å²) in [5, 5.41) is 4.05. The molecule has 0 radical (unpaired) electrons. The molecule has 0 aliphatic carbocycles. The molecule has 2 nitrogen and oxygen atoms in total. The van der Waals surface area contributed by atoms with Crippen LogP contribution in [0.4, 0.5) is 0 Å². The molecule has 0 atom stereocenters. The number of alkyl halides is 1. The molecule has 0 bridgehead atoms. The molecule has 1 aromatic rings. The Morgan fingerprint density at radius 2 is 2.45 bits per heavy atom. The maximum Gasteiger partial charge on any atom is 0.0489 e. The molecule has 0 aliphatic rings. The van der Waals surface area contributed by atoms with Gasteiger partial charge in [0.05, 0.1) is 0 Å². The zero-order valence-electron chi connectivity index (χ0n) is 6.33. The van der Waals surface area contributed by atoms with Gasteiger partial charge in [0.2, 0.25) is 0 Å². The van der Waals surface area contributed by atoms with Crippen molar-refractivity contribution in [1.82, 2.24) is 9.78 Å². The van der Waals surface area contributed by atoms with Gasteiger partial charge in [0.15, 0.2) is 0 Å². The number of aromatic nitrogens is 2. The van der Waals surface area contributed by atoms with Crippen LogP contribution in [0.2, 0.25) is 0 Å². The second-order valence-electron chi connectivity index (χ2n) is 2.40. The van der Waals surface area contributed by atoms with Crippen LogP contribution < -0.4 is 0 Å². The van der Waals surface area contributed by atoms with Crippen LogP contribution in [0.25, 0.3) is 0 Å². The van der Waals surface area contributed by atoms with Crippen molar-refractivity contribution in [2.24, 2.45) is 0 Å². The number of halogens is 1. The van der Waals surface area contributed by atoms with Gasteiger partial charge in [-0.25, -0.2) is 0 Å². The molecule has 11 heavy (non-hydrogen) atoms. The summed E-state index contributed by atoms with van der Waals surface area (Å²) in [5.41, 5.74) is 1.06. The minimum Gasteiger partial charge on any atom is -0.272 e. The van der Waals surface area contributed by atoms with Crippen molar-refractivity contribution < 1.29 is 0 Å². The standard InChI is InChI=1S/C8H11ClN2/c1-8(7-9)3-6-11-5-2-4-10-11/h2,4-5H,1,3,6-7H2. The molecule has 0 N–H and O–H groups in total. The highest BCUT2D eigenvalue weighted by atomic mass is 35.5. The van der Waals surface area contributed by atoms with Crippen LogP contribution in [0, 0.1) is 0 Å². The number of hydrogen-bond acceptors (Lipinski definition) is 1. The molecular formula is C8H11ClN2. The van der Waals surface area contributed by atoms with Crippen molar-refractivity contribution in [3.05, 3.63) is 30.6 Å². The van der Waals surface area contributed by atoms with Gasteiger partial charge in [0.1, 0.15) is 0 Å². The lowest BCUT2D eigenvalue weighted by molar-refractivity contribution is 0.613. The van der Waals surface area contributed by atoms with E-state index in [1.54, 1.807) is 6.20 Å². The third kappa shape index (κ3) is 2.76. The predicted octanol–water partition coefficient (Wildman–Crippen LogP) is 2.07. The molecule has 0 aromatic carbocycles. The van der Waals surface area contributed by atoms with Crippen molar-refractivity contribution in [3.63, 3.8) is 0 Å². The largest absolute Gasteiger partial charge is 0.272 e. The molecular weight excluding hydrogens is 160 g/mol. The van der Waals surface area contributed by atoms with Crippen LogP contribution in [-0.2, 0) is 6.54 Å². The molecule has 0 aliphatic heterocycles. The van der Waals surface area contributed by atoms with Gasteiger partial charge in [-0.15, -0.1) is 11.6 Å². The van der Waals surface area contributed by atoms with Crippen LogP contribution in [0.1, 0.15) is 6.42 Å². The van der Waals surface area contributed by atoms with E-state index in [-0.39, 0.29) is 0 Å². The first-order valence-electron chi connectivity index (χ1n) is 3.53. The van der Waals surface area contributed by atoms with E-state index in [1.807, 2.05) is 16.9 Å². The summed E-state index contributed by atoms with van der Waals surface area (Å²) in [6.45, 7) is 4.67. The van der Waals surface area contributed by atoms with Crippen LogP contribution in [0.5, 0.6) is 0 Å². The summed E-state index contributed by atoms with van der Waals surface area (Å²) in [6, 6.07) is 1.91. The summed E-state index contributed by atoms with van der Waals surface area (Å²) >= 11 is 5.56. The van der Waals surface area contributed by atoms with Gasteiger partial charge in [0.25, 0.3) is 0 Å². The Labute approximate surface area is 71.5 Å². The van der Waals surface area contributed by atoms with E-state index in [0.717, 1.165) is 18.5 Å². The molecule has 60 valence electrons. The lowest BCUT2D eigenvalue weighted by Gasteiger charge is -2.00. The van der Waals surface area contributed by atoms with Crippen LogP contribution in [0.3, 0.4) is 0 Å². The minimum atomic E-state index is 0.543. The van der Waals surface area contributed by atoms with Crippen molar-refractivity contribution in [3.8, 4) is 0 Å². The lowest BCUT2D eigenvalue weighted by atomic mass is 10.2. The average Bonchev–Trinajstić information content (AvgIpc) is 2.52. The number of hydrogen-bond donors (Lipinski definition) is 0. The highest BCUT2D eigenvalue weighted by Gasteiger charge is 1.93. The SMILES string of the molecule is C=C(CCl)CCn1cccn1. The summed E-state index contributed by atoms with van der Waals surface area (Å²) in [6.07, 6.45) is 4.61. The molecule has 3 heteroatoms. The first-order valence-corrected chi connectivity index (χ1v) is 4.06. The Hall–Kier alpha value is -0.760. The summed E-state index contributed by atoms with van der Waals surface area (Å²) in [4.78, 5) is 0. The van der Waals surface area contributed by atoms with Gasteiger partial charge in [-0.3, -0.25) is 4.68 Å². The third-order valence-corrected chi connectivity index (χ3v) is 1.82. The highest BCUT2D eigenvalue weighted by molar-refractivity contribution is 6.19. The summed E-state index contributed by atoms with van der Waals surface area (Å²) in [7, 11) is 0. The molecule has 0 saturated heterocycles. The number of aryl methyl sites for hydroxylation is 1. The monoisotopic (exact) mass is 170 g/mol. The second kappa shape index (κ2) is 4.19. The van der Waals surface area contributed by atoms with E-state index in [1.165, 1.54) is 0 Å². The van der Waals surface area contributed by atoms with E-state index in [0.29, 0.717) is 5.88 Å². The highest BCUT2D eigenvalue weighted by Crippen LogP contribution is 2.01. The maximum absolute atomic E-state index is 5.56. The molecule has 0 amide bonds. The molecule has 0 saturated carbocycles. The van der Waals surface area contributed by atoms with Gasteiger partial charge in [-0.1, -0.05) is 12.2 Å². The Morgan fingerprint density at radius 1 is 1.64 bits per heavy atom. The quantitative estimate of drug-likeness (QED) is 0.500. The van der Waals surface area contributed by atoms with E-state index >= 15 is 0 Å². The Balaban J connectivity index is 2.29. The molecule has 1 aromatic heterocycles. The first-order chi connectivity index (χ1) is 5.33. The van der Waals surface area contributed by atoms with E-state index < -0.39 is 0 Å². The van der Waals surface area contributed by atoms with Gasteiger partial charge >= 0.3 is 0 Å². The van der Waals surface area contributed by atoms with Crippen molar-refractivity contribution in [1.29, 1.82) is 0 Å². The summed E-state index contributed by atoms with van der Waals surface area (Å²) < 4.78 is 1.87. The summed E-state index contributed by atoms with van der Waals surface area (Å²) in [5.74, 6) is 0.543. The molecule has 0 unspecified atom stereocenters. The number of rotatable bonds is 4. The lowest BCUT2D eigenvalue weighted by Crippen LogP contribution is -1.99. The topological polar surface area (TPSA) is 17.8 Å². The van der Waals surface area contributed by atoms with Crippen molar-refractivity contribution in [2.75, 3.05) is 5.88 Å². The Kier molecular flexibility index (Phi) is 3.17. The number of nitrogens with zero attached hydrogens (tertiary/aromatic N) is 2. The smallest absolute Gasteiger partial charge is 0.0489 e. The normalized spacial score (nSPS) is 9.91. The number of allylic oxidation sites excluding steroid dienone is 1. The van der Waals surface area contributed by atoms with E-state index in [2.05, 4.69) is 11.7 Å². The molecule has 1 heterocycles. The molecule has 0 fully saturated rings. The average molecular weight is 171 g/mol. The van der Waals surface area contributed by atoms with Crippen molar-refractivity contribution in [2.45, 2.75) is 13.0 Å². The molecule has 0 spiro atoms. The first kappa shape index (κ1) is 8.34. The minimum absolute atomic E-state index is 0.543. The fourth-order valence-corrected chi connectivity index (χ4v) is 0.906.